The molecule has 0 radical (unpaired) electrons. The van der Waals surface area contributed by atoms with E-state index in [0.717, 1.165) is 25.9 Å². The van der Waals surface area contributed by atoms with Crippen LogP contribution in [0.25, 0.3) is 0 Å². The summed E-state index contributed by atoms with van der Waals surface area (Å²) in [4.78, 5) is 2.26. The first-order chi connectivity index (χ1) is 7.65. The molecule has 1 aromatic rings. The Bertz CT molecular complexity index is 370. The molecule has 1 heterocycles. The molecular formula is C12H16ClFN2. The average Bonchev–Trinajstić information content (AvgIpc) is 2.22. The predicted molar refractivity (Wildman–Crippen MR) is 65.6 cm³/mol. The van der Waals surface area contributed by atoms with Gasteiger partial charge in [0.15, 0.2) is 0 Å². The molecule has 0 saturated carbocycles. The molecule has 1 aromatic carbocycles. The Kier molecular flexibility index (Phi) is 3.66. The standard InChI is InChI=1S/C12H16ClFN2/c1-16-6-2-3-10(8-16)15-12-5-4-9(13)7-11(12)14/h4-5,7,10,15H,2-3,6,8H2,1H3. The number of nitrogens with one attached hydrogen (secondary N) is 1. The van der Waals surface area contributed by atoms with Crippen LogP contribution in [-0.4, -0.2) is 31.1 Å². The Balaban J connectivity index is 2.02. The van der Waals surface area contributed by atoms with Crippen LogP contribution in [0, 0.1) is 5.82 Å². The van der Waals surface area contributed by atoms with Crippen LogP contribution in [0.5, 0.6) is 0 Å². The van der Waals surface area contributed by atoms with E-state index in [9.17, 15) is 4.39 Å². The summed E-state index contributed by atoms with van der Waals surface area (Å²) in [5.74, 6) is -0.277. The molecule has 0 amide bonds. The summed E-state index contributed by atoms with van der Waals surface area (Å²) in [7, 11) is 2.09. The maximum atomic E-state index is 13.5. The number of nitrogens with zero attached hydrogens (tertiary/aromatic N) is 1. The smallest absolute Gasteiger partial charge is 0.147 e. The number of piperidine rings is 1. The number of likely N-dealkylation sites (tertiary alicyclic amines) is 1. The number of rotatable bonds is 2. The topological polar surface area (TPSA) is 15.3 Å². The second-order valence-electron chi connectivity index (χ2n) is 4.37. The molecule has 1 aliphatic heterocycles. The third-order valence-electron chi connectivity index (χ3n) is 2.92. The highest BCUT2D eigenvalue weighted by Gasteiger charge is 2.17. The van der Waals surface area contributed by atoms with Gasteiger partial charge in [0, 0.05) is 17.6 Å². The molecule has 1 unspecified atom stereocenters. The van der Waals surface area contributed by atoms with E-state index < -0.39 is 0 Å². The molecular weight excluding hydrogens is 227 g/mol. The number of benzene rings is 1. The maximum Gasteiger partial charge on any atom is 0.147 e. The van der Waals surface area contributed by atoms with E-state index in [1.807, 2.05) is 0 Å². The lowest BCUT2D eigenvalue weighted by Crippen LogP contribution is -2.39. The molecule has 2 rings (SSSR count). The SMILES string of the molecule is CN1CCCC(Nc2ccc(Cl)cc2F)C1. The van der Waals surface area contributed by atoms with Gasteiger partial charge >= 0.3 is 0 Å². The first kappa shape index (κ1) is 11.7. The van der Waals surface area contributed by atoms with Crippen molar-refractivity contribution in [2.45, 2.75) is 18.9 Å². The lowest BCUT2D eigenvalue weighted by molar-refractivity contribution is 0.260. The molecule has 1 atom stereocenters. The van der Waals surface area contributed by atoms with Gasteiger partial charge in [-0.2, -0.15) is 0 Å². The lowest BCUT2D eigenvalue weighted by atomic mass is 10.1. The van der Waals surface area contributed by atoms with Gasteiger partial charge in [0.1, 0.15) is 5.82 Å². The minimum Gasteiger partial charge on any atom is -0.379 e. The minimum atomic E-state index is -0.277. The maximum absolute atomic E-state index is 13.5. The normalized spacial score (nSPS) is 22.1. The minimum absolute atomic E-state index is 0.277. The Morgan fingerprint density at radius 2 is 2.31 bits per heavy atom. The first-order valence-electron chi connectivity index (χ1n) is 5.55. The van der Waals surface area contributed by atoms with Crippen molar-refractivity contribution in [1.82, 2.24) is 4.90 Å². The van der Waals surface area contributed by atoms with Crippen molar-refractivity contribution in [3.8, 4) is 0 Å². The van der Waals surface area contributed by atoms with Crippen molar-refractivity contribution in [3.05, 3.63) is 29.0 Å². The summed E-state index contributed by atoms with van der Waals surface area (Å²) in [6.45, 7) is 2.09. The highest BCUT2D eigenvalue weighted by atomic mass is 35.5. The summed E-state index contributed by atoms with van der Waals surface area (Å²) in [6, 6.07) is 5.08. The van der Waals surface area contributed by atoms with Gasteiger partial charge in [-0.15, -0.1) is 0 Å². The van der Waals surface area contributed by atoms with Gasteiger partial charge in [-0.1, -0.05) is 11.6 Å². The van der Waals surface area contributed by atoms with E-state index in [0.29, 0.717) is 16.8 Å². The number of likely N-dealkylation sites (N-methyl/N-ethyl adjacent to an activating group) is 1. The van der Waals surface area contributed by atoms with Gasteiger partial charge in [0.25, 0.3) is 0 Å². The van der Waals surface area contributed by atoms with Crippen LogP contribution < -0.4 is 5.32 Å². The van der Waals surface area contributed by atoms with Crippen molar-refractivity contribution in [1.29, 1.82) is 0 Å². The van der Waals surface area contributed by atoms with Crippen LogP contribution in [0.3, 0.4) is 0 Å². The van der Waals surface area contributed by atoms with Crippen molar-refractivity contribution < 1.29 is 4.39 Å². The van der Waals surface area contributed by atoms with Crippen molar-refractivity contribution in [2.24, 2.45) is 0 Å². The summed E-state index contributed by atoms with van der Waals surface area (Å²) in [6.07, 6.45) is 2.25. The molecule has 0 aromatic heterocycles. The first-order valence-corrected chi connectivity index (χ1v) is 5.93. The van der Waals surface area contributed by atoms with Crippen LogP contribution in [0.1, 0.15) is 12.8 Å². The zero-order valence-electron chi connectivity index (χ0n) is 9.34. The second kappa shape index (κ2) is 5.02. The molecule has 1 saturated heterocycles. The quantitative estimate of drug-likeness (QED) is 0.858. The van der Waals surface area contributed by atoms with Gasteiger partial charge in [0.05, 0.1) is 5.69 Å². The molecule has 16 heavy (non-hydrogen) atoms. The number of anilines is 1. The number of halogens is 2. The van der Waals surface area contributed by atoms with Gasteiger partial charge in [-0.3, -0.25) is 0 Å². The van der Waals surface area contributed by atoms with E-state index in [-0.39, 0.29) is 5.82 Å². The predicted octanol–water partition coefficient (Wildman–Crippen LogP) is 2.99. The molecule has 0 aliphatic carbocycles. The fraction of sp³-hybridized carbons (Fsp3) is 0.500. The molecule has 88 valence electrons. The van der Waals surface area contributed by atoms with Crippen LogP contribution >= 0.6 is 11.6 Å². The molecule has 0 spiro atoms. The van der Waals surface area contributed by atoms with E-state index >= 15 is 0 Å². The van der Waals surface area contributed by atoms with Gasteiger partial charge in [0.2, 0.25) is 0 Å². The van der Waals surface area contributed by atoms with Crippen LogP contribution in [0.4, 0.5) is 10.1 Å². The monoisotopic (exact) mass is 242 g/mol. The second-order valence-corrected chi connectivity index (χ2v) is 4.81. The van der Waals surface area contributed by atoms with Crippen molar-refractivity contribution >= 4 is 17.3 Å². The largest absolute Gasteiger partial charge is 0.379 e. The Morgan fingerprint density at radius 1 is 1.50 bits per heavy atom. The van der Waals surface area contributed by atoms with Gasteiger partial charge in [-0.25, -0.2) is 4.39 Å². The van der Waals surface area contributed by atoms with Crippen molar-refractivity contribution in [2.75, 3.05) is 25.5 Å². The third kappa shape index (κ3) is 2.86. The molecule has 1 N–H and O–H groups in total. The summed E-state index contributed by atoms with van der Waals surface area (Å²) in [5, 5.41) is 3.67. The van der Waals surface area contributed by atoms with Gasteiger partial charge in [-0.05, 0) is 44.6 Å². The van der Waals surface area contributed by atoms with Gasteiger partial charge < -0.3 is 10.2 Å². The summed E-state index contributed by atoms with van der Waals surface area (Å²) >= 11 is 5.71. The Hall–Kier alpha value is -0.800. The van der Waals surface area contributed by atoms with E-state index in [1.165, 1.54) is 6.07 Å². The molecule has 1 fully saturated rings. The fourth-order valence-electron chi connectivity index (χ4n) is 2.11. The highest BCUT2D eigenvalue weighted by molar-refractivity contribution is 6.30. The van der Waals surface area contributed by atoms with E-state index in [1.54, 1.807) is 12.1 Å². The molecule has 2 nitrogen and oxygen atoms in total. The number of hydrogen-bond donors (Lipinski definition) is 1. The van der Waals surface area contributed by atoms with Crippen LogP contribution in [-0.2, 0) is 0 Å². The van der Waals surface area contributed by atoms with Crippen LogP contribution in [0.2, 0.25) is 5.02 Å². The molecule has 0 bridgehead atoms. The van der Waals surface area contributed by atoms with Crippen LogP contribution in [0.15, 0.2) is 18.2 Å². The Morgan fingerprint density at radius 3 is 3.00 bits per heavy atom. The lowest BCUT2D eigenvalue weighted by Gasteiger charge is -2.31. The van der Waals surface area contributed by atoms with E-state index in [2.05, 4.69) is 17.3 Å². The summed E-state index contributed by atoms with van der Waals surface area (Å²) < 4.78 is 13.5. The zero-order valence-corrected chi connectivity index (χ0v) is 10.1. The van der Waals surface area contributed by atoms with E-state index in [4.69, 9.17) is 11.6 Å². The zero-order chi connectivity index (χ0) is 11.5. The number of hydrogen-bond acceptors (Lipinski definition) is 2. The third-order valence-corrected chi connectivity index (χ3v) is 3.15. The fourth-order valence-corrected chi connectivity index (χ4v) is 2.27. The summed E-state index contributed by atoms with van der Waals surface area (Å²) in [5.41, 5.74) is 0.546. The molecule has 4 heteroatoms. The molecule has 1 aliphatic rings. The Labute approximate surface area is 100 Å². The van der Waals surface area contributed by atoms with Crippen molar-refractivity contribution in [3.63, 3.8) is 0 Å². The average molecular weight is 243 g/mol. The highest BCUT2D eigenvalue weighted by Crippen LogP contribution is 2.21.